The highest BCUT2D eigenvalue weighted by Gasteiger charge is 2.11. The maximum absolute atomic E-state index is 11.2. The molecule has 0 heterocycles. The fourth-order valence-electron chi connectivity index (χ4n) is 1.04. The van der Waals surface area contributed by atoms with Crippen LogP contribution in [0.2, 0.25) is 0 Å². The third-order valence-corrected chi connectivity index (χ3v) is 2.70. The van der Waals surface area contributed by atoms with Gasteiger partial charge in [-0.25, -0.2) is 4.21 Å². The number of carbonyl (C=O) groups excluding carboxylic acids is 1. The van der Waals surface area contributed by atoms with Gasteiger partial charge in [0, 0.05) is 12.2 Å². The predicted molar refractivity (Wildman–Crippen MR) is 64.5 cm³/mol. The molecule has 0 aliphatic carbocycles. The third kappa shape index (κ3) is 11.7. The summed E-state index contributed by atoms with van der Waals surface area (Å²) < 4.78 is 23.9. The van der Waals surface area contributed by atoms with Crippen LogP contribution in [0.3, 0.4) is 0 Å². The summed E-state index contributed by atoms with van der Waals surface area (Å²) >= 11 is -1.75. The first-order valence-corrected chi connectivity index (χ1v) is 6.82. The van der Waals surface area contributed by atoms with Gasteiger partial charge < -0.3 is 9.29 Å². The molecule has 0 amide bonds. The minimum Gasteiger partial charge on any atom is -0.466 e. The Bertz CT molecular complexity index is 233. The van der Waals surface area contributed by atoms with Crippen molar-refractivity contribution in [3.05, 3.63) is 0 Å². The lowest BCUT2D eigenvalue weighted by atomic mass is 9.93. The standard InChI is InChI=1S/C11H22O4S/c1-11(2,3)7-8-15-10(12)6-4-5-9-16(13)14/h4-9H2,1-3H3,(H,13,14). The smallest absolute Gasteiger partial charge is 0.305 e. The molecule has 0 saturated heterocycles. The molecule has 0 spiro atoms. The van der Waals surface area contributed by atoms with E-state index in [1.54, 1.807) is 0 Å². The topological polar surface area (TPSA) is 63.6 Å². The summed E-state index contributed by atoms with van der Waals surface area (Å²) in [7, 11) is 0. The van der Waals surface area contributed by atoms with Crippen LogP contribution in [0.5, 0.6) is 0 Å². The molecule has 0 rings (SSSR count). The van der Waals surface area contributed by atoms with Crippen LogP contribution in [0.15, 0.2) is 0 Å². The molecule has 0 aliphatic rings. The maximum atomic E-state index is 11.2. The highest BCUT2D eigenvalue weighted by atomic mass is 32.2. The number of rotatable bonds is 7. The number of carbonyl (C=O) groups is 1. The fraction of sp³-hybridized carbons (Fsp3) is 0.909. The summed E-state index contributed by atoms with van der Waals surface area (Å²) in [6.45, 7) is 6.74. The van der Waals surface area contributed by atoms with Crippen LogP contribution in [0, 0.1) is 5.41 Å². The molecule has 96 valence electrons. The Morgan fingerprint density at radius 2 is 1.94 bits per heavy atom. The molecule has 0 saturated carbocycles. The van der Waals surface area contributed by atoms with E-state index in [9.17, 15) is 9.00 Å². The highest BCUT2D eigenvalue weighted by molar-refractivity contribution is 7.79. The number of hydrogen-bond donors (Lipinski definition) is 1. The average Bonchev–Trinajstić information content (AvgIpc) is 2.10. The molecule has 1 N–H and O–H groups in total. The van der Waals surface area contributed by atoms with E-state index in [1.165, 1.54) is 0 Å². The van der Waals surface area contributed by atoms with Crippen LogP contribution in [0.25, 0.3) is 0 Å². The summed E-state index contributed by atoms with van der Waals surface area (Å²) in [6, 6.07) is 0. The fourth-order valence-corrected chi connectivity index (χ4v) is 1.49. The Hall–Kier alpha value is -0.420. The quantitative estimate of drug-likeness (QED) is 0.428. The normalized spacial score (nSPS) is 13.5. The van der Waals surface area contributed by atoms with Gasteiger partial charge in [0.2, 0.25) is 0 Å². The highest BCUT2D eigenvalue weighted by Crippen LogP contribution is 2.18. The summed E-state index contributed by atoms with van der Waals surface area (Å²) in [5, 5.41) is 0. The van der Waals surface area contributed by atoms with Crippen molar-refractivity contribution in [3.63, 3.8) is 0 Å². The molecule has 4 nitrogen and oxygen atoms in total. The van der Waals surface area contributed by atoms with Crippen molar-refractivity contribution in [2.45, 2.75) is 46.5 Å². The molecule has 0 aromatic heterocycles. The Morgan fingerprint density at radius 3 is 2.44 bits per heavy atom. The average molecular weight is 250 g/mol. The van der Waals surface area contributed by atoms with E-state index in [4.69, 9.17) is 9.29 Å². The molecule has 0 aromatic rings. The van der Waals surface area contributed by atoms with Crippen molar-refractivity contribution in [1.29, 1.82) is 0 Å². The molecule has 5 heteroatoms. The second kappa shape index (κ2) is 7.79. The van der Waals surface area contributed by atoms with Crippen LogP contribution >= 0.6 is 0 Å². The van der Waals surface area contributed by atoms with Crippen molar-refractivity contribution < 1.29 is 18.3 Å². The Morgan fingerprint density at radius 1 is 1.31 bits per heavy atom. The van der Waals surface area contributed by atoms with Crippen LogP contribution in [-0.4, -0.2) is 27.1 Å². The van der Waals surface area contributed by atoms with Crippen molar-refractivity contribution in [1.82, 2.24) is 0 Å². The number of unbranched alkanes of at least 4 members (excludes halogenated alkanes) is 1. The Labute approximate surface area is 100 Å². The van der Waals surface area contributed by atoms with E-state index in [2.05, 4.69) is 20.8 Å². The van der Waals surface area contributed by atoms with Gasteiger partial charge in [-0.2, -0.15) is 0 Å². The predicted octanol–water partition coefficient (Wildman–Crippen LogP) is 2.36. The van der Waals surface area contributed by atoms with E-state index in [0.717, 1.165) is 6.42 Å². The van der Waals surface area contributed by atoms with E-state index in [-0.39, 0.29) is 17.1 Å². The van der Waals surface area contributed by atoms with Gasteiger partial charge in [0.15, 0.2) is 11.1 Å². The zero-order valence-electron chi connectivity index (χ0n) is 10.3. The van der Waals surface area contributed by atoms with E-state index >= 15 is 0 Å². The van der Waals surface area contributed by atoms with E-state index in [1.807, 2.05) is 0 Å². The second-order valence-electron chi connectivity index (χ2n) is 5.01. The van der Waals surface area contributed by atoms with E-state index < -0.39 is 11.1 Å². The van der Waals surface area contributed by atoms with Gasteiger partial charge in [-0.05, 0) is 24.7 Å². The molecular weight excluding hydrogens is 228 g/mol. The number of hydrogen-bond acceptors (Lipinski definition) is 3. The Balaban J connectivity index is 3.42. The molecule has 0 radical (unpaired) electrons. The van der Waals surface area contributed by atoms with Crippen LogP contribution in [-0.2, 0) is 20.6 Å². The lowest BCUT2D eigenvalue weighted by molar-refractivity contribution is -0.144. The first kappa shape index (κ1) is 15.6. The Kier molecular flexibility index (Phi) is 7.58. The summed E-state index contributed by atoms with van der Waals surface area (Å²) in [6.07, 6.45) is 2.37. The van der Waals surface area contributed by atoms with Gasteiger partial charge >= 0.3 is 5.97 Å². The summed E-state index contributed by atoms with van der Waals surface area (Å²) in [5.41, 5.74) is 0.175. The van der Waals surface area contributed by atoms with Crippen LogP contribution < -0.4 is 0 Å². The van der Waals surface area contributed by atoms with Gasteiger partial charge in [-0.3, -0.25) is 4.79 Å². The zero-order valence-corrected chi connectivity index (χ0v) is 11.1. The first-order chi connectivity index (χ1) is 7.31. The zero-order chi connectivity index (χ0) is 12.6. The molecule has 0 aromatic carbocycles. The van der Waals surface area contributed by atoms with Gasteiger partial charge in [0.05, 0.1) is 6.61 Å². The molecule has 0 aliphatic heterocycles. The van der Waals surface area contributed by atoms with Crippen molar-refractivity contribution in [3.8, 4) is 0 Å². The minimum absolute atomic E-state index is 0.175. The molecule has 0 bridgehead atoms. The van der Waals surface area contributed by atoms with Gasteiger partial charge in [-0.15, -0.1) is 0 Å². The van der Waals surface area contributed by atoms with Crippen molar-refractivity contribution >= 4 is 17.0 Å². The maximum Gasteiger partial charge on any atom is 0.305 e. The molecular formula is C11H22O4S. The van der Waals surface area contributed by atoms with E-state index in [0.29, 0.717) is 25.9 Å². The molecule has 0 fully saturated rings. The van der Waals surface area contributed by atoms with Crippen LogP contribution in [0.4, 0.5) is 0 Å². The lowest BCUT2D eigenvalue weighted by Crippen LogP contribution is -2.13. The van der Waals surface area contributed by atoms with Gasteiger partial charge in [0.25, 0.3) is 0 Å². The van der Waals surface area contributed by atoms with Crippen LogP contribution in [0.1, 0.15) is 46.5 Å². The SMILES string of the molecule is CC(C)(C)CCOC(=O)CCCCS(=O)O. The van der Waals surface area contributed by atoms with Crippen molar-refractivity contribution in [2.24, 2.45) is 5.41 Å². The molecule has 16 heavy (non-hydrogen) atoms. The minimum atomic E-state index is -1.75. The summed E-state index contributed by atoms with van der Waals surface area (Å²) in [5.74, 6) is 0.0166. The first-order valence-electron chi connectivity index (χ1n) is 5.54. The molecule has 1 atom stereocenters. The lowest BCUT2D eigenvalue weighted by Gasteiger charge is -2.17. The summed E-state index contributed by atoms with van der Waals surface area (Å²) in [4.78, 5) is 11.2. The second-order valence-corrected chi connectivity index (χ2v) is 6.07. The number of esters is 1. The largest absolute Gasteiger partial charge is 0.466 e. The van der Waals surface area contributed by atoms with Crippen molar-refractivity contribution in [2.75, 3.05) is 12.4 Å². The monoisotopic (exact) mass is 250 g/mol. The number of ether oxygens (including phenoxy) is 1. The molecule has 1 unspecified atom stereocenters. The van der Waals surface area contributed by atoms with Gasteiger partial charge in [-0.1, -0.05) is 20.8 Å². The third-order valence-electron chi connectivity index (χ3n) is 2.06. The van der Waals surface area contributed by atoms with Gasteiger partial charge in [0.1, 0.15) is 0 Å².